The predicted octanol–water partition coefficient (Wildman–Crippen LogP) is 3.64. The number of ether oxygens (including phenoxy) is 2. The number of rotatable bonds is 4. The molecule has 0 aliphatic carbocycles. The minimum atomic E-state index is -0.0546. The fourth-order valence-electron chi connectivity index (χ4n) is 1.52. The third-order valence-corrected chi connectivity index (χ3v) is 2.82. The van der Waals surface area contributed by atoms with Crippen molar-refractivity contribution in [2.75, 3.05) is 7.11 Å². The Morgan fingerprint density at radius 2 is 1.85 bits per heavy atom. The second-order valence-corrected chi connectivity index (χ2v) is 4.97. The van der Waals surface area contributed by atoms with Crippen molar-refractivity contribution in [2.24, 2.45) is 0 Å². The normalized spacial score (nSPS) is 10.7. The summed E-state index contributed by atoms with van der Waals surface area (Å²) in [4.78, 5) is 12.2. The Bertz CT molecular complexity index is 621. The zero-order valence-corrected chi connectivity index (χ0v) is 12.7. The molecule has 0 bridgehead atoms. The molecule has 106 valence electrons. The van der Waals surface area contributed by atoms with Crippen molar-refractivity contribution in [3.05, 3.63) is 28.5 Å². The van der Waals surface area contributed by atoms with Gasteiger partial charge in [-0.25, -0.2) is 0 Å². The maximum atomic E-state index is 5.99. The Kier molecular flexibility index (Phi) is 4.62. The van der Waals surface area contributed by atoms with Gasteiger partial charge in [-0.3, -0.25) is 0 Å². The lowest BCUT2D eigenvalue weighted by Crippen LogP contribution is -2.09. The Hall–Kier alpha value is -1.59. The summed E-state index contributed by atoms with van der Waals surface area (Å²) in [6.45, 7) is 3.76. The van der Waals surface area contributed by atoms with E-state index in [1.165, 1.54) is 0 Å². The third kappa shape index (κ3) is 3.49. The van der Waals surface area contributed by atoms with Crippen LogP contribution in [0.25, 0.3) is 11.4 Å². The lowest BCUT2D eigenvalue weighted by Gasteiger charge is -2.09. The van der Waals surface area contributed by atoms with Crippen molar-refractivity contribution in [3.63, 3.8) is 0 Å². The molecular formula is C13H13Cl2N3O2. The zero-order valence-electron chi connectivity index (χ0n) is 11.2. The van der Waals surface area contributed by atoms with E-state index in [9.17, 15) is 0 Å². The highest BCUT2D eigenvalue weighted by atomic mass is 35.5. The van der Waals surface area contributed by atoms with Gasteiger partial charge in [0.1, 0.15) is 5.75 Å². The van der Waals surface area contributed by atoms with Gasteiger partial charge in [0.05, 0.1) is 18.2 Å². The molecule has 5 nitrogen and oxygen atoms in total. The number of aromatic nitrogens is 3. The van der Waals surface area contributed by atoms with Crippen LogP contribution in [-0.4, -0.2) is 28.2 Å². The number of nitrogens with zero attached hydrogens (tertiary/aromatic N) is 3. The van der Waals surface area contributed by atoms with Crippen molar-refractivity contribution >= 4 is 23.2 Å². The molecule has 0 amide bonds. The molecule has 2 aromatic rings. The Morgan fingerprint density at radius 1 is 1.10 bits per heavy atom. The molecule has 0 saturated carbocycles. The van der Waals surface area contributed by atoms with Crippen LogP contribution in [0.3, 0.4) is 0 Å². The maximum absolute atomic E-state index is 5.99. The van der Waals surface area contributed by atoms with Gasteiger partial charge in [0.2, 0.25) is 5.28 Å². The molecule has 0 radical (unpaired) electrons. The van der Waals surface area contributed by atoms with Gasteiger partial charge in [0.25, 0.3) is 0 Å². The van der Waals surface area contributed by atoms with Gasteiger partial charge in [0.15, 0.2) is 5.82 Å². The molecule has 7 heteroatoms. The van der Waals surface area contributed by atoms with Crippen LogP contribution in [0, 0.1) is 0 Å². The monoisotopic (exact) mass is 313 g/mol. The molecule has 0 N–H and O–H groups in total. The highest BCUT2D eigenvalue weighted by molar-refractivity contribution is 6.32. The highest BCUT2D eigenvalue weighted by Gasteiger charge is 2.11. The summed E-state index contributed by atoms with van der Waals surface area (Å²) >= 11 is 11.9. The minimum absolute atomic E-state index is 0.0546. The third-order valence-electron chi connectivity index (χ3n) is 2.34. The molecule has 0 saturated heterocycles. The summed E-state index contributed by atoms with van der Waals surface area (Å²) in [6, 6.07) is 5.39. The number of benzene rings is 1. The second kappa shape index (κ2) is 6.24. The molecule has 1 heterocycles. The van der Waals surface area contributed by atoms with Crippen LogP contribution in [0.4, 0.5) is 0 Å². The molecule has 0 unspecified atom stereocenters. The summed E-state index contributed by atoms with van der Waals surface area (Å²) in [7, 11) is 1.54. The number of hydrogen-bond donors (Lipinski definition) is 0. The lowest BCUT2D eigenvalue weighted by molar-refractivity contribution is 0.222. The van der Waals surface area contributed by atoms with E-state index in [2.05, 4.69) is 15.0 Å². The SMILES string of the molecule is COc1cc(-c2nc(Cl)nc(OC(C)C)n2)ccc1Cl. The first-order valence-corrected chi connectivity index (χ1v) is 6.67. The van der Waals surface area contributed by atoms with Crippen LogP contribution in [0.5, 0.6) is 11.8 Å². The van der Waals surface area contributed by atoms with E-state index in [-0.39, 0.29) is 17.4 Å². The Labute approximate surface area is 126 Å². The average molecular weight is 314 g/mol. The molecule has 2 rings (SSSR count). The van der Waals surface area contributed by atoms with E-state index >= 15 is 0 Å². The van der Waals surface area contributed by atoms with E-state index in [1.54, 1.807) is 25.3 Å². The summed E-state index contributed by atoms with van der Waals surface area (Å²) in [5.41, 5.74) is 0.712. The lowest BCUT2D eigenvalue weighted by atomic mass is 10.2. The van der Waals surface area contributed by atoms with Gasteiger partial charge in [0, 0.05) is 5.56 Å². The molecule has 20 heavy (non-hydrogen) atoms. The molecule has 0 atom stereocenters. The zero-order chi connectivity index (χ0) is 14.7. The van der Waals surface area contributed by atoms with Crippen molar-refractivity contribution in [1.29, 1.82) is 0 Å². The number of hydrogen-bond acceptors (Lipinski definition) is 5. The van der Waals surface area contributed by atoms with E-state index < -0.39 is 0 Å². The molecule has 1 aromatic carbocycles. The van der Waals surface area contributed by atoms with E-state index in [0.717, 1.165) is 0 Å². The van der Waals surface area contributed by atoms with Crippen molar-refractivity contribution < 1.29 is 9.47 Å². The maximum Gasteiger partial charge on any atom is 0.321 e. The summed E-state index contributed by atoms with van der Waals surface area (Å²) in [5, 5.41) is 0.578. The van der Waals surface area contributed by atoms with Crippen LogP contribution >= 0.6 is 23.2 Å². The van der Waals surface area contributed by atoms with Gasteiger partial charge < -0.3 is 9.47 Å². The second-order valence-electron chi connectivity index (χ2n) is 4.23. The van der Waals surface area contributed by atoms with E-state index in [4.69, 9.17) is 32.7 Å². The first-order chi connectivity index (χ1) is 9.49. The Morgan fingerprint density at radius 3 is 2.50 bits per heavy atom. The van der Waals surface area contributed by atoms with Crippen LogP contribution in [-0.2, 0) is 0 Å². The van der Waals surface area contributed by atoms with Crippen LogP contribution in [0.1, 0.15) is 13.8 Å². The van der Waals surface area contributed by atoms with Crippen LogP contribution < -0.4 is 9.47 Å². The van der Waals surface area contributed by atoms with Crippen molar-refractivity contribution in [1.82, 2.24) is 15.0 Å². The van der Waals surface area contributed by atoms with Gasteiger partial charge in [-0.15, -0.1) is 0 Å². The van der Waals surface area contributed by atoms with Crippen molar-refractivity contribution in [3.8, 4) is 23.1 Å². The number of halogens is 2. The van der Waals surface area contributed by atoms with Gasteiger partial charge in [-0.2, -0.15) is 15.0 Å². The van der Waals surface area contributed by atoms with Gasteiger partial charge in [-0.05, 0) is 43.6 Å². The Balaban J connectivity index is 2.44. The smallest absolute Gasteiger partial charge is 0.321 e. The number of methoxy groups -OCH3 is 1. The van der Waals surface area contributed by atoms with Crippen LogP contribution in [0.2, 0.25) is 10.3 Å². The molecule has 0 aliphatic rings. The predicted molar refractivity (Wildman–Crippen MR) is 77.6 cm³/mol. The quantitative estimate of drug-likeness (QED) is 0.862. The highest BCUT2D eigenvalue weighted by Crippen LogP contribution is 2.29. The molecule has 1 aromatic heterocycles. The van der Waals surface area contributed by atoms with Crippen LogP contribution in [0.15, 0.2) is 18.2 Å². The standard InChI is InChI=1S/C13H13Cl2N3O2/c1-7(2)20-13-17-11(16-12(15)18-13)8-4-5-9(14)10(6-8)19-3/h4-7H,1-3H3. The first-order valence-electron chi connectivity index (χ1n) is 5.91. The summed E-state index contributed by atoms with van der Waals surface area (Å²) in [5.74, 6) is 0.933. The first kappa shape index (κ1) is 14.8. The minimum Gasteiger partial charge on any atom is -0.495 e. The summed E-state index contributed by atoms with van der Waals surface area (Å²) in [6.07, 6.45) is -0.0546. The average Bonchev–Trinajstić information content (AvgIpc) is 2.37. The fraction of sp³-hybridized carbons (Fsp3) is 0.308. The molecule has 0 aliphatic heterocycles. The molecular weight excluding hydrogens is 301 g/mol. The van der Waals surface area contributed by atoms with Gasteiger partial charge in [-0.1, -0.05) is 11.6 Å². The van der Waals surface area contributed by atoms with E-state index in [0.29, 0.717) is 22.2 Å². The largest absolute Gasteiger partial charge is 0.495 e. The fourth-order valence-corrected chi connectivity index (χ4v) is 1.87. The molecule has 0 fully saturated rings. The van der Waals surface area contributed by atoms with Gasteiger partial charge >= 0.3 is 6.01 Å². The molecule has 0 spiro atoms. The van der Waals surface area contributed by atoms with Crippen molar-refractivity contribution in [2.45, 2.75) is 20.0 Å². The topological polar surface area (TPSA) is 57.1 Å². The van der Waals surface area contributed by atoms with E-state index in [1.807, 2.05) is 13.8 Å². The summed E-state index contributed by atoms with van der Waals surface area (Å²) < 4.78 is 10.6.